The van der Waals surface area contributed by atoms with E-state index in [-0.39, 0.29) is 0 Å². The van der Waals surface area contributed by atoms with Gasteiger partial charge in [0.2, 0.25) is 0 Å². The number of hydrogen-bond acceptors (Lipinski definition) is 1. The third kappa shape index (κ3) is 9.02. The Hall–Kier alpha value is -0.980. The molecule has 0 saturated carbocycles. The van der Waals surface area contributed by atoms with E-state index in [2.05, 4.69) is 13.2 Å². The van der Waals surface area contributed by atoms with Crippen LogP contribution in [0.4, 0.5) is 0 Å². The molecule has 0 aromatic heterocycles. The number of allylic oxidation sites excluding steroid dienone is 3. The van der Waals surface area contributed by atoms with E-state index in [1.807, 2.05) is 26.8 Å². The Labute approximate surface area is 70.1 Å². The number of hydrogen-bond donors (Lipinski definition) is 0. The first-order chi connectivity index (χ1) is 5.20. The summed E-state index contributed by atoms with van der Waals surface area (Å²) in [6.45, 7) is 13.1. The topological polar surface area (TPSA) is 9.23 Å². The highest BCUT2D eigenvalue weighted by Crippen LogP contribution is 2.00. The SMILES string of the molecule is C=C/C(=C\C(=C)C)OC.CC. The predicted octanol–water partition coefficient (Wildman–Crippen LogP) is 3.31. The molecule has 0 aliphatic rings. The first-order valence-corrected chi connectivity index (χ1v) is 3.74. The molecule has 0 heterocycles. The maximum absolute atomic E-state index is 4.89. The minimum Gasteiger partial charge on any atom is -0.497 e. The normalized spacial score (nSPS) is 9.27. The van der Waals surface area contributed by atoms with Crippen LogP contribution in [0.2, 0.25) is 0 Å². The summed E-state index contributed by atoms with van der Waals surface area (Å²) in [5.74, 6) is 0.752. The molecule has 0 saturated heterocycles. The Morgan fingerprint density at radius 1 is 1.36 bits per heavy atom. The van der Waals surface area contributed by atoms with Gasteiger partial charge in [0.05, 0.1) is 7.11 Å². The van der Waals surface area contributed by atoms with Gasteiger partial charge >= 0.3 is 0 Å². The van der Waals surface area contributed by atoms with E-state index in [0.717, 1.165) is 11.3 Å². The molecular formula is C10H18O. The quantitative estimate of drug-likeness (QED) is 0.447. The van der Waals surface area contributed by atoms with Crippen LogP contribution in [0.3, 0.4) is 0 Å². The summed E-state index contributed by atoms with van der Waals surface area (Å²) in [7, 11) is 1.61. The van der Waals surface area contributed by atoms with E-state index >= 15 is 0 Å². The second-order valence-corrected chi connectivity index (χ2v) is 1.80. The van der Waals surface area contributed by atoms with Gasteiger partial charge in [-0.2, -0.15) is 0 Å². The van der Waals surface area contributed by atoms with Gasteiger partial charge in [-0.1, -0.05) is 32.6 Å². The van der Waals surface area contributed by atoms with Crippen LogP contribution in [-0.2, 0) is 4.74 Å². The average molecular weight is 154 g/mol. The van der Waals surface area contributed by atoms with Crippen molar-refractivity contribution in [3.8, 4) is 0 Å². The largest absolute Gasteiger partial charge is 0.497 e. The van der Waals surface area contributed by atoms with Gasteiger partial charge in [0, 0.05) is 0 Å². The fraction of sp³-hybridized carbons (Fsp3) is 0.400. The van der Waals surface area contributed by atoms with Gasteiger partial charge in [-0.3, -0.25) is 0 Å². The molecule has 64 valence electrons. The second kappa shape index (κ2) is 9.02. The summed E-state index contributed by atoms with van der Waals surface area (Å²) < 4.78 is 4.89. The molecule has 0 N–H and O–H groups in total. The van der Waals surface area contributed by atoms with Crippen molar-refractivity contribution in [2.75, 3.05) is 7.11 Å². The summed E-state index contributed by atoms with van der Waals surface area (Å²) in [6, 6.07) is 0. The van der Waals surface area contributed by atoms with Crippen LogP contribution in [0.5, 0.6) is 0 Å². The van der Waals surface area contributed by atoms with E-state index < -0.39 is 0 Å². The number of rotatable bonds is 3. The molecule has 0 aromatic carbocycles. The van der Waals surface area contributed by atoms with Crippen LogP contribution in [-0.4, -0.2) is 7.11 Å². The first kappa shape index (κ1) is 12.7. The molecule has 0 spiro atoms. The molecule has 0 aliphatic heterocycles. The van der Waals surface area contributed by atoms with Gasteiger partial charge < -0.3 is 4.74 Å². The van der Waals surface area contributed by atoms with Gasteiger partial charge in [-0.05, 0) is 19.1 Å². The minimum absolute atomic E-state index is 0.752. The van der Waals surface area contributed by atoms with Crippen LogP contribution in [0.15, 0.2) is 36.6 Å². The van der Waals surface area contributed by atoms with Gasteiger partial charge in [-0.15, -0.1) is 0 Å². The Kier molecular flexibility index (Phi) is 10.4. The maximum Gasteiger partial charge on any atom is 0.118 e. The lowest BCUT2D eigenvalue weighted by molar-refractivity contribution is 0.307. The highest BCUT2D eigenvalue weighted by Gasteiger charge is 1.84. The van der Waals surface area contributed by atoms with Crippen molar-refractivity contribution < 1.29 is 4.74 Å². The third-order valence-corrected chi connectivity index (χ3v) is 0.826. The van der Waals surface area contributed by atoms with E-state index in [1.165, 1.54) is 0 Å². The predicted molar refractivity (Wildman–Crippen MR) is 51.5 cm³/mol. The van der Waals surface area contributed by atoms with Crippen LogP contribution in [0, 0.1) is 0 Å². The van der Waals surface area contributed by atoms with Crippen molar-refractivity contribution in [1.82, 2.24) is 0 Å². The van der Waals surface area contributed by atoms with Gasteiger partial charge in [0.1, 0.15) is 5.76 Å². The van der Waals surface area contributed by atoms with Crippen molar-refractivity contribution in [2.24, 2.45) is 0 Å². The molecule has 0 atom stereocenters. The molecule has 0 rings (SSSR count). The molecule has 0 amide bonds. The van der Waals surface area contributed by atoms with Crippen molar-refractivity contribution in [3.05, 3.63) is 36.6 Å². The summed E-state index contributed by atoms with van der Waals surface area (Å²) in [6.07, 6.45) is 3.47. The molecule has 11 heavy (non-hydrogen) atoms. The molecule has 0 unspecified atom stereocenters. The monoisotopic (exact) mass is 154 g/mol. The summed E-state index contributed by atoms with van der Waals surface area (Å²) in [5.41, 5.74) is 0.965. The van der Waals surface area contributed by atoms with E-state index in [9.17, 15) is 0 Å². The van der Waals surface area contributed by atoms with Gasteiger partial charge in [0.15, 0.2) is 0 Å². The summed E-state index contributed by atoms with van der Waals surface area (Å²) in [5, 5.41) is 0. The van der Waals surface area contributed by atoms with E-state index in [4.69, 9.17) is 4.74 Å². The molecule has 0 fully saturated rings. The standard InChI is InChI=1S/C8H12O.C2H6/c1-5-8(9-4)6-7(2)3;1-2/h5-6H,1-2H2,3-4H3;1-2H3/b8-6+;. The Morgan fingerprint density at radius 2 is 1.82 bits per heavy atom. The van der Waals surface area contributed by atoms with Crippen molar-refractivity contribution in [2.45, 2.75) is 20.8 Å². The zero-order valence-corrected chi connectivity index (χ0v) is 7.98. The van der Waals surface area contributed by atoms with Gasteiger partial charge in [0.25, 0.3) is 0 Å². The molecule has 1 nitrogen and oxygen atoms in total. The first-order valence-electron chi connectivity index (χ1n) is 3.74. The Balaban J connectivity index is 0. The van der Waals surface area contributed by atoms with Crippen LogP contribution < -0.4 is 0 Å². The van der Waals surface area contributed by atoms with Crippen LogP contribution in [0.1, 0.15) is 20.8 Å². The van der Waals surface area contributed by atoms with Crippen molar-refractivity contribution in [3.63, 3.8) is 0 Å². The van der Waals surface area contributed by atoms with Gasteiger partial charge in [-0.25, -0.2) is 0 Å². The minimum atomic E-state index is 0.752. The smallest absolute Gasteiger partial charge is 0.118 e. The van der Waals surface area contributed by atoms with Crippen LogP contribution >= 0.6 is 0 Å². The molecule has 1 heteroatoms. The second-order valence-electron chi connectivity index (χ2n) is 1.80. The lowest BCUT2D eigenvalue weighted by Gasteiger charge is -1.97. The highest BCUT2D eigenvalue weighted by molar-refractivity contribution is 5.21. The lowest BCUT2D eigenvalue weighted by atomic mass is 10.3. The fourth-order valence-electron chi connectivity index (χ4n) is 0.444. The highest BCUT2D eigenvalue weighted by atomic mass is 16.5. The van der Waals surface area contributed by atoms with Crippen molar-refractivity contribution in [1.29, 1.82) is 0 Å². The van der Waals surface area contributed by atoms with E-state index in [0.29, 0.717) is 0 Å². The van der Waals surface area contributed by atoms with E-state index in [1.54, 1.807) is 13.2 Å². The molecule has 0 bridgehead atoms. The zero-order valence-electron chi connectivity index (χ0n) is 7.98. The Morgan fingerprint density at radius 3 is 1.91 bits per heavy atom. The maximum atomic E-state index is 4.89. The zero-order chi connectivity index (χ0) is 9.28. The Bertz CT molecular complexity index is 143. The molecule has 0 radical (unpaired) electrons. The van der Waals surface area contributed by atoms with Crippen LogP contribution in [0.25, 0.3) is 0 Å². The molecular weight excluding hydrogens is 136 g/mol. The fourth-order valence-corrected chi connectivity index (χ4v) is 0.444. The number of ether oxygens (including phenoxy) is 1. The number of methoxy groups -OCH3 is 1. The molecule has 0 aromatic rings. The lowest BCUT2D eigenvalue weighted by Crippen LogP contribution is -1.80. The summed E-state index contributed by atoms with van der Waals surface area (Å²) in [4.78, 5) is 0. The third-order valence-electron chi connectivity index (χ3n) is 0.826. The van der Waals surface area contributed by atoms with Crippen molar-refractivity contribution >= 4 is 0 Å². The summed E-state index contributed by atoms with van der Waals surface area (Å²) >= 11 is 0. The molecule has 0 aliphatic carbocycles. The average Bonchev–Trinajstić information content (AvgIpc) is 2.03.